The molecule has 0 saturated heterocycles. The quantitative estimate of drug-likeness (QED) is 0.930. The van der Waals surface area contributed by atoms with Gasteiger partial charge in [-0.1, -0.05) is 38.8 Å². The van der Waals surface area contributed by atoms with Gasteiger partial charge in [-0.2, -0.15) is 0 Å². The van der Waals surface area contributed by atoms with Crippen LogP contribution in [0.2, 0.25) is 0 Å². The molecule has 5 heteroatoms. The van der Waals surface area contributed by atoms with Gasteiger partial charge in [0, 0.05) is 11.7 Å². The third-order valence-electron chi connectivity index (χ3n) is 4.90. The summed E-state index contributed by atoms with van der Waals surface area (Å²) in [5.74, 6) is 0.715. The molecule has 1 aliphatic rings. The number of nitrogens with one attached hydrogen (secondary N) is 1. The Balaban J connectivity index is 1.96. The van der Waals surface area contributed by atoms with Crippen molar-refractivity contribution in [3.8, 4) is 0 Å². The molecule has 2 aromatic heterocycles. The first kappa shape index (κ1) is 16.0. The second-order valence-corrected chi connectivity index (χ2v) is 7.04. The molecule has 23 heavy (non-hydrogen) atoms. The number of carbonyl (C=O) groups is 1. The van der Waals surface area contributed by atoms with Crippen LogP contribution in [-0.4, -0.2) is 22.1 Å². The predicted octanol–water partition coefficient (Wildman–Crippen LogP) is 3.96. The summed E-state index contributed by atoms with van der Waals surface area (Å²) in [6, 6.07) is 2.14. The van der Waals surface area contributed by atoms with E-state index in [1.54, 1.807) is 0 Å². The summed E-state index contributed by atoms with van der Waals surface area (Å²) >= 11 is 0. The SMILES string of the molecule is Cc1noc2nc(C(C)C)cc(C(=O)NC3CCCCC3C)c12. The van der Waals surface area contributed by atoms with Crippen molar-refractivity contribution >= 4 is 17.0 Å². The molecule has 2 aromatic rings. The van der Waals surface area contributed by atoms with Gasteiger partial charge in [-0.25, -0.2) is 4.98 Å². The van der Waals surface area contributed by atoms with E-state index >= 15 is 0 Å². The minimum atomic E-state index is -0.0376. The third-order valence-corrected chi connectivity index (χ3v) is 4.90. The Morgan fingerprint density at radius 1 is 1.35 bits per heavy atom. The lowest BCUT2D eigenvalue weighted by molar-refractivity contribution is 0.0911. The maximum atomic E-state index is 12.9. The van der Waals surface area contributed by atoms with E-state index in [2.05, 4.69) is 36.2 Å². The fourth-order valence-corrected chi connectivity index (χ4v) is 3.37. The number of nitrogens with zero attached hydrogens (tertiary/aromatic N) is 2. The molecule has 0 bridgehead atoms. The molecule has 0 spiro atoms. The van der Waals surface area contributed by atoms with Crippen LogP contribution in [0.4, 0.5) is 0 Å². The summed E-state index contributed by atoms with van der Waals surface area (Å²) in [4.78, 5) is 17.4. The summed E-state index contributed by atoms with van der Waals surface area (Å²) in [7, 11) is 0. The van der Waals surface area contributed by atoms with Crippen LogP contribution in [0, 0.1) is 12.8 Å². The monoisotopic (exact) mass is 315 g/mol. The Morgan fingerprint density at radius 3 is 2.78 bits per heavy atom. The van der Waals surface area contributed by atoms with E-state index < -0.39 is 0 Å². The van der Waals surface area contributed by atoms with Gasteiger partial charge >= 0.3 is 0 Å². The average molecular weight is 315 g/mol. The van der Waals surface area contributed by atoms with Gasteiger partial charge in [-0.05, 0) is 37.7 Å². The van der Waals surface area contributed by atoms with Crippen molar-refractivity contribution in [3.63, 3.8) is 0 Å². The van der Waals surface area contributed by atoms with E-state index in [4.69, 9.17) is 4.52 Å². The van der Waals surface area contributed by atoms with Gasteiger partial charge < -0.3 is 9.84 Å². The highest BCUT2D eigenvalue weighted by atomic mass is 16.5. The smallest absolute Gasteiger partial charge is 0.259 e. The molecule has 2 heterocycles. The van der Waals surface area contributed by atoms with Crippen molar-refractivity contribution in [2.24, 2.45) is 5.92 Å². The number of carbonyl (C=O) groups excluding carboxylic acids is 1. The molecule has 1 N–H and O–H groups in total. The second kappa shape index (κ2) is 6.30. The fourth-order valence-electron chi connectivity index (χ4n) is 3.37. The number of fused-ring (bicyclic) bond motifs is 1. The first-order chi connectivity index (χ1) is 11.0. The molecule has 0 radical (unpaired) electrons. The molecular weight excluding hydrogens is 290 g/mol. The zero-order valence-electron chi connectivity index (χ0n) is 14.3. The lowest BCUT2D eigenvalue weighted by Gasteiger charge is -2.29. The minimum Gasteiger partial charge on any atom is -0.349 e. The van der Waals surface area contributed by atoms with Gasteiger partial charge in [-0.3, -0.25) is 4.79 Å². The Hall–Kier alpha value is -1.91. The molecule has 1 amide bonds. The Kier molecular flexibility index (Phi) is 4.37. The first-order valence-electron chi connectivity index (χ1n) is 8.55. The topological polar surface area (TPSA) is 68.0 Å². The van der Waals surface area contributed by atoms with E-state index in [0.717, 1.165) is 17.5 Å². The number of aryl methyl sites for hydroxylation is 1. The zero-order chi connectivity index (χ0) is 16.6. The third kappa shape index (κ3) is 3.09. The summed E-state index contributed by atoms with van der Waals surface area (Å²) in [5, 5.41) is 7.94. The Bertz CT molecular complexity index is 720. The highest BCUT2D eigenvalue weighted by molar-refractivity contribution is 6.06. The molecule has 1 aliphatic carbocycles. The van der Waals surface area contributed by atoms with Crippen LogP contribution in [0.1, 0.15) is 74.1 Å². The number of amides is 1. The van der Waals surface area contributed by atoms with E-state index in [9.17, 15) is 4.79 Å². The number of hydrogen-bond acceptors (Lipinski definition) is 4. The van der Waals surface area contributed by atoms with Crippen LogP contribution in [0.5, 0.6) is 0 Å². The van der Waals surface area contributed by atoms with Gasteiger partial charge in [-0.15, -0.1) is 0 Å². The van der Waals surface area contributed by atoms with E-state index in [-0.39, 0.29) is 17.9 Å². The van der Waals surface area contributed by atoms with Crippen LogP contribution in [0.15, 0.2) is 10.6 Å². The van der Waals surface area contributed by atoms with Crippen LogP contribution in [-0.2, 0) is 0 Å². The highest BCUT2D eigenvalue weighted by Crippen LogP contribution is 2.27. The maximum absolute atomic E-state index is 12.9. The Labute approximate surface area is 136 Å². The van der Waals surface area contributed by atoms with Crippen molar-refractivity contribution in [2.45, 2.75) is 65.3 Å². The molecule has 1 fully saturated rings. The van der Waals surface area contributed by atoms with E-state index in [0.29, 0.717) is 22.9 Å². The number of pyridine rings is 1. The van der Waals surface area contributed by atoms with Gasteiger partial charge in [0.2, 0.25) is 0 Å². The number of aromatic nitrogens is 2. The van der Waals surface area contributed by atoms with E-state index in [1.165, 1.54) is 19.3 Å². The van der Waals surface area contributed by atoms with Gasteiger partial charge in [0.25, 0.3) is 11.6 Å². The second-order valence-electron chi connectivity index (χ2n) is 7.04. The van der Waals surface area contributed by atoms with Gasteiger partial charge in [0.1, 0.15) is 0 Å². The van der Waals surface area contributed by atoms with Crippen molar-refractivity contribution in [3.05, 3.63) is 23.0 Å². The standard InChI is InChI=1S/C18H25N3O2/c1-10(2)15-9-13(16-12(4)21-23-18(16)20-15)17(22)19-14-8-6-5-7-11(14)3/h9-11,14H,5-8H2,1-4H3,(H,19,22). The lowest BCUT2D eigenvalue weighted by atomic mass is 9.86. The molecule has 0 aromatic carbocycles. The maximum Gasteiger partial charge on any atom is 0.259 e. The predicted molar refractivity (Wildman–Crippen MR) is 89.5 cm³/mol. The average Bonchev–Trinajstić information content (AvgIpc) is 2.90. The molecule has 2 unspecified atom stereocenters. The fraction of sp³-hybridized carbons (Fsp3) is 0.611. The highest BCUT2D eigenvalue weighted by Gasteiger charge is 2.26. The molecule has 0 aliphatic heterocycles. The normalized spacial score (nSPS) is 21.8. The van der Waals surface area contributed by atoms with Gasteiger partial charge in [0.05, 0.1) is 16.6 Å². The lowest BCUT2D eigenvalue weighted by Crippen LogP contribution is -2.41. The van der Waals surface area contributed by atoms with Crippen molar-refractivity contribution in [1.29, 1.82) is 0 Å². The Morgan fingerprint density at radius 2 is 2.09 bits per heavy atom. The van der Waals surface area contributed by atoms with Crippen LogP contribution in [0.3, 0.4) is 0 Å². The summed E-state index contributed by atoms with van der Waals surface area (Å²) in [5.41, 5.74) is 2.66. The molecule has 1 saturated carbocycles. The number of rotatable bonds is 3. The molecule has 5 nitrogen and oxygen atoms in total. The van der Waals surface area contributed by atoms with Gasteiger partial charge in [0.15, 0.2) is 0 Å². The molecule has 2 atom stereocenters. The molecule has 124 valence electrons. The van der Waals surface area contributed by atoms with Crippen molar-refractivity contribution in [1.82, 2.24) is 15.5 Å². The summed E-state index contributed by atoms with van der Waals surface area (Å²) in [6.07, 6.45) is 4.68. The van der Waals surface area contributed by atoms with E-state index in [1.807, 2.05) is 13.0 Å². The largest absolute Gasteiger partial charge is 0.349 e. The summed E-state index contributed by atoms with van der Waals surface area (Å²) in [6.45, 7) is 8.18. The van der Waals surface area contributed by atoms with Crippen LogP contribution >= 0.6 is 0 Å². The molecular formula is C18H25N3O2. The zero-order valence-corrected chi connectivity index (χ0v) is 14.3. The minimum absolute atomic E-state index is 0.0376. The van der Waals surface area contributed by atoms with Crippen molar-refractivity contribution < 1.29 is 9.32 Å². The van der Waals surface area contributed by atoms with Crippen molar-refractivity contribution in [2.75, 3.05) is 0 Å². The van der Waals surface area contributed by atoms with Crippen LogP contribution < -0.4 is 5.32 Å². The van der Waals surface area contributed by atoms with Crippen LogP contribution in [0.25, 0.3) is 11.1 Å². The summed E-state index contributed by atoms with van der Waals surface area (Å²) < 4.78 is 5.30. The molecule has 3 rings (SSSR count). The number of hydrogen-bond donors (Lipinski definition) is 1. The first-order valence-corrected chi connectivity index (χ1v) is 8.55.